The predicted octanol–water partition coefficient (Wildman–Crippen LogP) is 1.03. The quantitative estimate of drug-likeness (QED) is 0.872. The Kier molecular flexibility index (Phi) is 5.49. The molecular formula is C15H24N4O. The Morgan fingerprint density at radius 2 is 2.15 bits per heavy atom. The van der Waals surface area contributed by atoms with Gasteiger partial charge in [-0.05, 0) is 31.5 Å². The van der Waals surface area contributed by atoms with Crippen LogP contribution >= 0.6 is 0 Å². The summed E-state index contributed by atoms with van der Waals surface area (Å²) < 4.78 is 0. The maximum atomic E-state index is 11.9. The number of carbonyl (C=O) groups excluding carboxylic acids is 1. The Morgan fingerprint density at radius 3 is 2.75 bits per heavy atom. The minimum atomic E-state index is 0.240. The van der Waals surface area contributed by atoms with Gasteiger partial charge >= 0.3 is 0 Å². The van der Waals surface area contributed by atoms with Crippen LogP contribution in [0.1, 0.15) is 31.4 Å². The molecule has 1 fully saturated rings. The largest absolute Gasteiger partial charge is 0.340 e. The highest BCUT2D eigenvalue weighted by Crippen LogP contribution is 2.20. The van der Waals surface area contributed by atoms with Crippen LogP contribution in [0.2, 0.25) is 0 Å². The molecule has 2 N–H and O–H groups in total. The molecule has 1 atom stereocenters. The van der Waals surface area contributed by atoms with Crippen molar-refractivity contribution >= 4 is 5.91 Å². The fraction of sp³-hybridized carbons (Fsp3) is 0.600. The first kappa shape index (κ1) is 14.9. The van der Waals surface area contributed by atoms with Crippen LogP contribution in [0.3, 0.4) is 0 Å². The Balaban J connectivity index is 1.83. The number of carbonyl (C=O) groups is 1. The van der Waals surface area contributed by atoms with Crippen LogP contribution in [-0.2, 0) is 4.79 Å². The summed E-state index contributed by atoms with van der Waals surface area (Å²) in [7, 11) is 0. The van der Waals surface area contributed by atoms with Gasteiger partial charge in [-0.25, -0.2) is 0 Å². The van der Waals surface area contributed by atoms with Gasteiger partial charge in [0.2, 0.25) is 5.91 Å². The van der Waals surface area contributed by atoms with E-state index in [0.29, 0.717) is 19.0 Å². The molecule has 5 nitrogen and oxygen atoms in total. The van der Waals surface area contributed by atoms with Gasteiger partial charge in [0.05, 0.1) is 0 Å². The molecule has 0 bridgehead atoms. The zero-order chi connectivity index (χ0) is 14.4. The van der Waals surface area contributed by atoms with E-state index in [-0.39, 0.29) is 5.91 Å². The molecule has 0 saturated carbocycles. The van der Waals surface area contributed by atoms with Gasteiger partial charge in [0.1, 0.15) is 0 Å². The lowest BCUT2D eigenvalue weighted by Gasteiger charge is -2.38. The highest BCUT2D eigenvalue weighted by molar-refractivity contribution is 5.76. The van der Waals surface area contributed by atoms with Crippen LogP contribution in [0.15, 0.2) is 24.5 Å². The van der Waals surface area contributed by atoms with Crippen molar-refractivity contribution in [2.75, 3.05) is 32.7 Å². The van der Waals surface area contributed by atoms with Crippen molar-refractivity contribution in [3.8, 4) is 0 Å². The molecule has 0 aliphatic carbocycles. The van der Waals surface area contributed by atoms with E-state index >= 15 is 0 Å². The van der Waals surface area contributed by atoms with E-state index in [1.165, 1.54) is 5.56 Å². The molecule has 2 rings (SSSR count). The third kappa shape index (κ3) is 3.77. The highest BCUT2D eigenvalue weighted by atomic mass is 16.2. The molecule has 1 aliphatic heterocycles. The second-order valence-electron chi connectivity index (χ2n) is 5.27. The van der Waals surface area contributed by atoms with Crippen LogP contribution < -0.4 is 5.73 Å². The average Bonchev–Trinajstić information content (AvgIpc) is 2.53. The number of hydrogen-bond acceptors (Lipinski definition) is 4. The summed E-state index contributed by atoms with van der Waals surface area (Å²) in [4.78, 5) is 20.5. The van der Waals surface area contributed by atoms with E-state index in [9.17, 15) is 4.79 Å². The van der Waals surface area contributed by atoms with Crippen molar-refractivity contribution < 1.29 is 4.79 Å². The molecule has 1 saturated heterocycles. The zero-order valence-electron chi connectivity index (χ0n) is 12.2. The standard InChI is InChI=1S/C15H24N4O/c1-13(14-4-3-7-17-12-14)18-8-10-19(11-9-18)15(20)5-2-6-16/h3-4,7,12-13H,2,5-6,8-11,16H2,1H3. The van der Waals surface area contributed by atoms with Gasteiger partial charge in [0.15, 0.2) is 0 Å². The molecule has 2 heterocycles. The fourth-order valence-electron chi connectivity index (χ4n) is 2.60. The summed E-state index contributed by atoms with van der Waals surface area (Å²) in [6, 6.07) is 4.43. The number of nitrogens with two attached hydrogens (primary N) is 1. The van der Waals surface area contributed by atoms with E-state index < -0.39 is 0 Å². The predicted molar refractivity (Wildman–Crippen MR) is 79.1 cm³/mol. The number of hydrogen-bond donors (Lipinski definition) is 1. The number of piperazine rings is 1. The molecule has 0 radical (unpaired) electrons. The summed E-state index contributed by atoms with van der Waals surface area (Å²) in [5.74, 6) is 0.240. The first-order valence-electron chi connectivity index (χ1n) is 7.34. The molecule has 1 unspecified atom stereocenters. The molecule has 5 heteroatoms. The Labute approximate surface area is 120 Å². The Bertz CT molecular complexity index is 415. The van der Waals surface area contributed by atoms with Crippen LogP contribution in [0.5, 0.6) is 0 Å². The maximum absolute atomic E-state index is 11.9. The third-order valence-electron chi connectivity index (χ3n) is 3.98. The minimum Gasteiger partial charge on any atom is -0.340 e. The lowest BCUT2D eigenvalue weighted by atomic mass is 10.1. The van der Waals surface area contributed by atoms with Crippen molar-refractivity contribution in [2.24, 2.45) is 5.73 Å². The lowest BCUT2D eigenvalue weighted by molar-refractivity contribution is -0.133. The van der Waals surface area contributed by atoms with Crippen LogP contribution in [0.4, 0.5) is 0 Å². The zero-order valence-corrected chi connectivity index (χ0v) is 12.2. The van der Waals surface area contributed by atoms with Gasteiger partial charge < -0.3 is 10.6 Å². The van der Waals surface area contributed by atoms with Crippen molar-refractivity contribution in [2.45, 2.75) is 25.8 Å². The van der Waals surface area contributed by atoms with E-state index in [1.807, 2.05) is 17.2 Å². The Morgan fingerprint density at radius 1 is 1.40 bits per heavy atom. The summed E-state index contributed by atoms with van der Waals surface area (Å²) in [5.41, 5.74) is 6.68. The fourth-order valence-corrected chi connectivity index (χ4v) is 2.60. The molecule has 1 amide bonds. The SMILES string of the molecule is CC(c1cccnc1)N1CCN(C(=O)CCCN)CC1. The van der Waals surface area contributed by atoms with Gasteiger partial charge in [0, 0.05) is 51.0 Å². The van der Waals surface area contributed by atoms with Gasteiger partial charge in [-0.1, -0.05) is 6.07 Å². The number of amides is 1. The Hall–Kier alpha value is -1.46. The summed E-state index contributed by atoms with van der Waals surface area (Å²) in [5, 5.41) is 0. The van der Waals surface area contributed by atoms with Gasteiger partial charge in [-0.2, -0.15) is 0 Å². The van der Waals surface area contributed by atoms with Crippen molar-refractivity contribution in [3.05, 3.63) is 30.1 Å². The molecule has 1 aromatic heterocycles. The smallest absolute Gasteiger partial charge is 0.222 e. The maximum Gasteiger partial charge on any atom is 0.222 e. The van der Waals surface area contributed by atoms with Gasteiger partial charge in [-0.15, -0.1) is 0 Å². The number of nitrogens with zero attached hydrogens (tertiary/aromatic N) is 3. The molecular weight excluding hydrogens is 252 g/mol. The highest BCUT2D eigenvalue weighted by Gasteiger charge is 2.24. The summed E-state index contributed by atoms with van der Waals surface area (Å²) in [6.07, 6.45) is 5.08. The van der Waals surface area contributed by atoms with Crippen molar-refractivity contribution in [1.82, 2.24) is 14.8 Å². The van der Waals surface area contributed by atoms with Crippen LogP contribution in [-0.4, -0.2) is 53.4 Å². The summed E-state index contributed by atoms with van der Waals surface area (Å²) >= 11 is 0. The molecule has 0 aromatic carbocycles. The normalized spacial score (nSPS) is 18.0. The van der Waals surface area contributed by atoms with E-state index in [4.69, 9.17) is 5.73 Å². The molecule has 0 spiro atoms. The second kappa shape index (κ2) is 7.36. The van der Waals surface area contributed by atoms with E-state index in [1.54, 1.807) is 6.20 Å². The van der Waals surface area contributed by atoms with Gasteiger partial charge in [-0.3, -0.25) is 14.7 Å². The molecule has 1 aliphatic rings. The number of aromatic nitrogens is 1. The third-order valence-corrected chi connectivity index (χ3v) is 3.98. The number of pyridine rings is 1. The van der Waals surface area contributed by atoms with E-state index in [2.05, 4.69) is 22.9 Å². The van der Waals surface area contributed by atoms with Crippen LogP contribution in [0.25, 0.3) is 0 Å². The lowest BCUT2D eigenvalue weighted by Crippen LogP contribution is -2.49. The molecule has 20 heavy (non-hydrogen) atoms. The van der Waals surface area contributed by atoms with Crippen molar-refractivity contribution in [1.29, 1.82) is 0 Å². The first-order chi connectivity index (χ1) is 9.72. The first-order valence-corrected chi connectivity index (χ1v) is 7.34. The molecule has 1 aromatic rings. The second-order valence-corrected chi connectivity index (χ2v) is 5.27. The molecule has 110 valence electrons. The average molecular weight is 276 g/mol. The monoisotopic (exact) mass is 276 g/mol. The summed E-state index contributed by atoms with van der Waals surface area (Å²) in [6.45, 7) is 6.25. The number of rotatable bonds is 5. The topological polar surface area (TPSA) is 62.5 Å². The van der Waals surface area contributed by atoms with Crippen molar-refractivity contribution in [3.63, 3.8) is 0 Å². The van der Waals surface area contributed by atoms with Gasteiger partial charge in [0.25, 0.3) is 0 Å². The minimum absolute atomic E-state index is 0.240. The van der Waals surface area contributed by atoms with E-state index in [0.717, 1.165) is 32.6 Å². The van der Waals surface area contributed by atoms with Crippen LogP contribution in [0, 0.1) is 0 Å².